The number of aromatic nitrogens is 3. The Morgan fingerprint density at radius 2 is 2.10 bits per heavy atom. The molecule has 4 rings (SSSR count). The number of carbonyl (C=O) groups is 1. The van der Waals surface area contributed by atoms with E-state index < -0.39 is 0 Å². The average Bonchev–Trinajstić information content (AvgIpc) is 3.22. The highest BCUT2D eigenvalue weighted by molar-refractivity contribution is 5.94. The maximum absolute atomic E-state index is 13.1. The Kier molecular flexibility index (Phi) is 5.26. The molecule has 1 fully saturated rings. The van der Waals surface area contributed by atoms with Crippen LogP contribution in [0.4, 0.5) is 0 Å². The Bertz CT molecular complexity index is 1170. The second kappa shape index (κ2) is 8.00. The van der Waals surface area contributed by atoms with Crippen LogP contribution in [-0.2, 0) is 11.3 Å². The average molecular weight is 394 g/mol. The number of fused-ring (bicyclic) bond motifs is 1. The van der Waals surface area contributed by atoms with Crippen LogP contribution in [0.15, 0.2) is 52.2 Å². The van der Waals surface area contributed by atoms with E-state index in [0.29, 0.717) is 48.4 Å². The fourth-order valence-corrected chi connectivity index (χ4v) is 3.86. The molecule has 1 unspecified atom stereocenters. The van der Waals surface area contributed by atoms with Gasteiger partial charge in [0.1, 0.15) is 5.82 Å². The number of benzene rings is 1. The smallest absolute Gasteiger partial charge is 0.261 e. The van der Waals surface area contributed by atoms with Crippen LogP contribution in [0.2, 0.25) is 0 Å². The largest absolute Gasteiger partial charge is 0.383 e. The number of hydrogen-bond acceptors (Lipinski definition) is 5. The van der Waals surface area contributed by atoms with E-state index in [4.69, 9.17) is 9.72 Å². The summed E-state index contributed by atoms with van der Waals surface area (Å²) in [6, 6.07) is 9.75. The normalized spacial score (nSPS) is 16.4. The molecule has 0 saturated carbocycles. The Morgan fingerprint density at radius 3 is 2.90 bits per heavy atom. The van der Waals surface area contributed by atoms with Gasteiger partial charge in [0.25, 0.3) is 11.5 Å². The SMILES string of the molecule is COCCn1c(C2CCCN2C(=O)c2cc[nH]c(=O)c2)nc2ccccc2c1=O. The predicted molar refractivity (Wildman–Crippen MR) is 108 cm³/mol. The Balaban J connectivity index is 1.80. The molecule has 150 valence electrons. The first-order valence-corrected chi connectivity index (χ1v) is 9.58. The highest BCUT2D eigenvalue weighted by atomic mass is 16.5. The molecule has 1 aliphatic heterocycles. The Morgan fingerprint density at radius 1 is 1.28 bits per heavy atom. The molecular weight excluding hydrogens is 372 g/mol. The molecule has 0 aliphatic carbocycles. The molecule has 3 aromatic rings. The van der Waals surface area contributed by atoms with Crippen molar-refractivity contribution in [2.24, 2.45) is 0 Å². The third kappa shape index (κ3) is 3.58. The zero-order valence-corrected chi connectivity index (χ0v) is 16.1. The molecular formula is C21H22N4O4. The van der Waals surface area contributed by atoms with E-state index in [9.17, 15) is 14.4 Å². The van der Waals surface area contributed by atoms with E-state index in [1.54, 1.807) is 34.8 Å². The first-order chi connectivity index (χ1) is 14.1. The van der Waals surface area contributed by atoms with Gasteiger partial charge in [-0.2, -0.15) is 0 Å². The molecule has 8 nitrogen and oxygen atoms in total. The second-order valence-corrected chi connectivity index (χ2v) is 7.03. The highest BCUT2D eigenvalue weighted by Crippen LogP contribution is 2.32. The number of ether oxygens (including phenoxy) is 1. The van der Waals surface area contributed by atoms with Crippen molar-refractivity contribution in [2.75, 3.05) is 20.3 Å². The molecule has 1 N–H and O–H groups in total. The van der Waals surface area contributed by atoms with Crippen LogP contribution in [0.1, 0.15) is 35.1 Å². The quantitative estimate of drug-likeness (QED) is 0.711. The second-order valence-electron chi connectivity index (χ2n) is 7.03. The molecule has 1 atom stereocenters. The van der Waals surface area contributed by atoms with Crippen molar-refractivity contribution >= 4 is 16.8 Å². The van der Waals surface area contributed by atoms with Crippen molar-refractivity contribution in [3.8, 4) is 0 Å². The van der Waals surface area contributed by atoms with Crippen LogP contribution in [0.3, 0.4) is 0 Å². The van der Waals surface area contributed by atoms with Crippen LogP contribution in [0.25, 0.3) is 10.9 Å². The summed E-state index contributed by atoms with van der Waals surface area (Å²) < 4.78 is 6.79. The number of carbonyl (C=O) groups excluding carboxylic acids is 1. The zero-order valence-electron chi connectivity index (χ0n) is 16.1. The van der Waals surface area contributed by atoms with Crippen LogP contribution >= 0.6 is 0 Å². The third-order valence-corrected chi connectivity index (χ3v) is 5.24. The molecule has 3 heterocycles. The van der Waals surface area contributed by atoms with E-state index in [0.717, 1.165) is 6.42 Å². The minimum absolute atomic E-state index is 0.141. The lowest BCUT2D eigenvalue weighted by atomic mass is 10.1. The monoisotopic (exact) mass is 394 g/mol. The van der Waals surface area contributed by atoms with E-state index in [1.807, 2.05) is 12.1 Å². The van der Waals surface area contributed by atoms with Crippen molar-refractivity contribution < 1.29 is 9.53 Å². The van der Waals surface area contributed by atoms with Crippen LogP contribution in [0.5, 0.6) is 0 Å². The zero-order chi connectivity index (χ0) is 20.4. The molecule has 29 heavy (non-hydrogen) atoms. The highest BCUT2D eigenvalue weighted by Gasteiger charge is 2.34. The lowest BCUT2D eigenvalue weighted by molar-refractivity contribution is 0.0725. The van der Waals surface area contributed by atoms with Crippen molar-refractivity contribution in [2.45, 2.75) is 25.4 Å². The number of rotatable bonds is 5. The molecule has 1 aliphatic rings. The fraction of sp³-hybridized carbons (Fsp3) is 0.333. The van der Waals surface area contributed by atoms with Gasteiger partial charge in [0.2, 0.25) is 5.56 Å². The minimum atomic E-state index is -0.337. The molecule has 1 saturated heterocycles. The maximum Gasteiger partial charge on any atom is 0.261 e. The molecule has 2 aromatic heterocycles. The first-order valence-electron chi connectivity index (χ1n) is 9.58. The van der Waals surface area contributed by atoms with E-state index in [-0.39, 0.29) is 23.1 Å². The first kappa shape index (κ1) is 19.1. The standard InChI is InChI=1S/C21H22N4O4/c1-29-12-11-25-19(23-16-6-3-2-5-15(16)21(25)28)17-7-4-10-24(17)20(27)14-8-9-22-18(26)13-14/h2-3,5-6,8-9,13,17H,4,7,10-12H2,1H3,(H,22,26). The van der Waals surface area contributed by atoms with Gasteiger partial charge < -0.3 is 14.6 Å². The summed E-state index contributed by atoms with van der Waals surface area (Å²) in [6.45, 7) is 1.26. The van der Waals surface area contributed by atoms with Gasteiger partial charge in [-0.25, -0.2) is 4.98 Å². The van der Waals surface area contributed by atoms with Gasteiger partial charge in [-0.15, -0.1) is 0 Å². The number of nitrogens with zero attached hydrogens (tertiary/aromatic N) is 3. The summed E-state index contributed by atoms with van der Waals surface area (Å²) in [6.07, 6.45) is 2.96. The molecule has 1 amide bonds. The number of hydrogen-bond donors (Lipinski definition) is 1. The molecule has 8 heteroatoms. The predicted octanol–water partition coefficient (Wildman–Crippen LogP) is 1.71. The lowest BCUT2D eigenvalue weighted by Gasteiger charge is -2.26. The summed E-state index contributed by atoms with van der Waals surface area (Å²) in [5.74, 6) is 0.320. The Hall–Kier alpha value is -3.26. The number of pyridine rings is 1. The van der Waals surface area contributed by atoms with Gasteiger partial charge in [-0.3, -0.25) is 19.0 Å². The van der Waals surface area contributed by atoms with Crippen molar-refractivity contribution in [3.05, 3.63) is 74.7 Å². The molecule has 1 aromatic carbocycles. The number of H-pyrrole nitrogens is 1. The number of aromatic amines is 1. The Labute approximate surface area is 166 Å². The number of likely N-dealkylation sites (tertiary alicyclic amines) is 1. The molecule has 0 bridgehead atoms. The topological polar surface area (TPSA) is 97.3 Å². The van der Waals surface area contributed by atoms with Crippen LogP contribution in [0, 0.1) is 0 Å². The number of amides is 1. The van der Waals surface area contributed by atoms with Crippen LogP contribution in [-0.4, -0.2) is 45.6 Å². The number of methoxy groups -OCH3 is 1. The van der Waals surface area contributed by atoms with Crippen molar-refractivity contribution in [3.63, 3.8) is 0 Å². The summed E-state index contributed by atoms with van der Waals surface area (Å²) in [7, 11) is 1.58. The fourth-order valence-electron chi connectivity index (χ4n) is 3.86. The van der Waals surface area contributed by atoms with Crippen molar-refractivity contribution in [1.29, 1.82) is 0 Å². The summed E-state index contributed by atoms with van der Waals surface area (Å²) >= 11 is 0. The lowest BCUT2D eigenvalue weighted by Crippen LogP contribution is -2.36. The van der Waals surface area contributed by atoms with Crippen LogP contribution < -0.4 is 11.1 Å². The van der Waals surface area contributed by atoms with E-state index in [1.165, 1.54) is 12.3 Å². The molecule has 0 radical (unpaired) electrons. The van der Waals surface area contributed by atoms with Gasteiger partial charge in [0.05, 0.1) is 30.1 Å². The summed E-state index contributed by atoms with van der Waals surface area (Å²) in [4.78, 5) is 46.8. The maximum atomic E-state index is 13.1. The van der Waals surface area contributed by atoms with E-state index >= 15 is 0 Å². The molecule has 0 spiro atoms. The van der Waals surface area contributed by atoms with Gasteiger partial charge in [-0.1, -0.05) is 12.1 Å². The van der Waals surface area contributed by atoms with Crippen molar-refractivity contribution in [1.82, 2.24) is 19.4 Å². The van der Waals surface area contributed by atoms with Gasteiger partial charge >= 0.3 is 0 Å². The van der Waals surface area contributed by atoms with E-state index in [2.05, 4.69) is 4.98 Å². The third-order valence-electron chi connectivity index (χ3n) is 5.24. The van der Waals surface area contributed by atoms with Gasteiger partial charge in [0, 0.05) is 31.5 Å². The van der Waals surface area contributed by atoms with Gasteiger partial charge in [-0.05, 0) is 31.0 Å². The number of nitrogens with one attached hydrogen (secondary N) is 1. The summed E-state index contributed by atoms with van der Waals surface area (Å²) in [5, 5.41) is 0.540. The van der Waals surface area contributed by atoms with Gasteiger partial charge in [0.15, 0.2) is 0 Å². The number of para-hydroxylation sites is 1. The minimum Gasteiger partial charge on any atom is -0.383 e. The summed E-state index contributed by atoms with van der Waals surface area (Å²) in [5.41, 5.74) is 0.467.